The van der Waals surface area contributed by atoms with Gasteiger partial charge < -0.3 is 5.73 Å². The molecular weight excluding hydrogens is 217 g/mol. The van der Waals surface area contributed by atoms with E-state index in [0.717, 1.165) is 6.07 Å². The Balaban J connectivity index is 2.96. The van der Waals surface area contributed by atoms with Gasteiger partial charge in [-0.3, -0.25) is 0 Å². The van der Waals surface area contributed by atoms with Crippen LogP contribution >= 0.6 is 0 Å². The molecule has 0 bridgehead atoms. The van der Waals surface area contributed by atoms with Gasteiger partial charge in [-0.05, 0) is 30.7 Å². The third-order valence-electron chi connectivity index (χ3n) is 2.06. The third-order valence-corrected chi connectivity index (χ3v) is 4.04. The summed E-state index contributed by atoms with van der Waals surface area (Å²) in [4.78, 5) is 0.0165. The summed E-state index contributed by atoms with van der Waals surface area (Å²) >= 11 is 0. The van der Waals surface area contributed by atoms with Crippen molar-refractivity contribution in [2.45, 2.75) is 11.8 Å². The molecule has 15 heavy (non-hydrogen) atoms. The maximum Gasteiger partial charge on any atom is 0.178 e. The van der Waals surface area contributed by atoms with Gasteiger partial charge >= 0.3 is 0 Å². The van der Waals surface area contributed by atoms with E-state index in [1.54, 1.807) is 6.92 Å². The highest BCUT2D eigenvalue weighted by atomic mass is 32.2. The van der Waals surface area contributed by atoms with Crippen molar-refractivity contribution in [2.75, 3.05) is 12.3 Å². The highest BCUT2D eigenvalue weighted by Gasteiger charge is 2.17. The van der Waals surface area contributed by atoms with Gasteiger partial charge in [0.2, 0.25) is 0 Å². The van der Waals surface area contributed by atoms with E-state index in [1.165, 1.54) is 18.2 Å². The normalized spacial score (nSPS) is 13.8. The maximum absolute atomic E-state index is 12.8. The minimum Gasteiger partial charge on any atom is -0.330 e. The molecule has 1 rings (SSSR count). The van der Waals surface area contributed by atoms with Gasteiger partial charge in [0, 0.05) is 0 Å². The van der Waals surface area contributed by atoms with Crippen molar-refractivity contribution in [3.63, 3.8) is 0 Å². The molecule has 0 saturated heterocycles. The van der Waals surface area contributed by atoms with Crippen LogP contribution in [-0.2, 0) is 9.84 Å². The lowest BCUT2D eigenvalue weighted by Gasteiger charge is -2.09. The molecule has 0 saturated carbocycles. The van der Waals surface area contributed by atoms with Crippen LogP contribution in [0.15, 0.2) is 29.2 Å². The molecule has 0 aromatic heterocycles. The van der Waals surface area contributed by atoms with Crippen molar-refractivity contribution >= 4 is 9.84 Å². The summed E-state index contributed by atoms with van der Waals surface area (Å²) in [7, 11) is -3.41. The first kappa shape index (κ1) is 12.1. The fourth-order valence-electron chi connectivity index (χ4n) is 1.20. The molecule has 84 valence electrons. The highest BCUT2D eigenvalue weighted by molar-refractivity contribution is 7.91. The summed E-state index contributed by atoms with van der Waals surface area (Å²) in [5.41, 5.74) is 5.35. The molecule has 0 amide bonds. The van der Waals surface area contributed by atoms with Crippen LogP contribution < -0.4 is 5.73 Å². The zero-order valence-electron chi connectivity index (χ0n) is 8.48. The molecule has 0 fully saturated rings. The Bertz CT molecular complexity index is 431. The number of halogens is 1. The number of nitrogens with two attached hydrogens (primary N) is 1. The molecule has 0 spiro atoms. The monoisotopic (exact) mass is 231 g/mol. The predicted octanol–water partition coefficient (Wildman–Crippen LogP) is 1.19. The number of rotatable bonds is 4. The second kappa shape index (κ2) is 4.72. The van der Waals surface area contributed by atoms with Gasteiger partial charge in [0.1, 0.15) is 5.82 Å². The number of sulfone groups is 1. The van der Waals surface area contributed by atoms with Crippen molar-refractivity contribution in [3.05, 3.63) is 30.1 Å². The van der Waals surface area contributed by atoms with Gasteiger partial charge in [-0.2, -0.15) is 0 Å². The summed E-state index contributed by atoms with van der Waals surface area (Å²) in [5, 5.41) is 0. The van der Waals surface area contributed by atoms with Crippen LogP contribution in [0.2, 0.25) is 0 Å². The Labute approximate surface area is 89.0 Å². The first-order valence-electron chi connectivity index (χ1n) is 4.64. The Morgan fingerprint density at radius 2 is 2.13 bits per heavy atom. The minimum absolute atomic E-state index is 0.0165. The number of benzene rings is 1. The first-order chi connectivity index (χ1) is 6.95. The fraction of sp³-hybridized carbons (Fsp3) is 0.400. The molecule has 0 radical (unpaired) electrons. The van der Waals surface area contributed by atoms with E-state index in [2.05, 4.69) is 0 Å². The second-order valence-corrected chi connectivity index (χ2v) is 5.61. The zero-order chi connectivity index (χ0) is 11.5. The highest BCUT2D eigenvalue weighted by Crippen LogP contribution is 2.14. The van der Waals surface area contributed by atoms with Gasteiger partial charge in [-0.15, -0.1) is 0 Å². The quantitative estimate of drug-likeness (QED) is 0.846. The standard InChI is InChI=1S/C10H14FNO2S/c1-8(6-12)7-15(13,14)10-4-2-3-9(11)5-10/h2-5,8H,6-7,12H2,1H3. The molecule has 0 aliphatic rings. The molecule has 1 aromatic carbocycles. The molecule has 3 nitrogen and oxygen atoms in total. The fourth-order valence-corrected chi connectivity index (χ4v) is 2.85. The van der Waals surface area contributed by atoms with Crippen LogP contribution in [0.5, 0.6) is 0 Å². The second-order valence-electron chi connectivity index (χ2n) is 3.58. The van der Waals surface area contributed by atoms with Gasteiger partial charge in [0.25, 0.3) is 0 Å². The molecule has 2 N–H and O–H groups in total. The molecule has 1 unspecified atom stereocenters. The lowest BCUT2D eigenvalue weighted by atomic mass is 10.2. The molecule has 0 heterocycles. The first-order valence-corrected chi connectivity index (χ1v) is 6.29. The summed E-state index contributed by atoms with van der Waals surface area (Å²) in [6.07, 6.45) is 0. The van der Waals surface area contributed by atoms with Crippen LogP contribution in [0.3, 0.4) is 0 Å². The maximum atomic E-state index is 12.8. The predicted molar refractivity (Wildman–Crippen MR) is 56.7 cm³/mol. The minimum atomic E-state index is -3.41. The van der Waals surface area contributed by atoms with E-state index >= 15 is 0 Å². The van der Waals surface area contributed by atoms with Gasteiger partial charge in [-0.25, -0.2) is 12.8 Å². The van der Waals surface area contributed by atoms with Crippen LogP contribution in [0.4, 0.5) is 4.39 Å². The van der Waals surface area contributed by atoms with Crippen molar-refractivity contribution in [1.82, 2.24) is 0 Å². The average Bonchev–Trinajstić information content (AvgIpc) is 2.17. The van der Waals surface area contributed by atoms with Crippen molar-refractivity contribution in [2.24, 2.45) is 11.7 Å². The van der Waals surface area contributed by atoms with Gasteiger partial charge in [0.05, 0.1) is 10.6 Å². The zero-order valence-corrected chi connectivity index (χ0v) is 9.30. The summed E-state index contributed by atoms with van der Waals surface area (Å²) in [5.74, 6) is -0.720. The molecule has 1 atom stereocenters. The lowest BCUT2D eigenvalue weighted by Crippen LogP contribution is -2.21. The molecule has 0 aliphatic heterocycles. The van der Waals surface area contributed by atoms with Crippen LogP contribution in [-0.4, -0.2) is 20.7 Å². The molecule has 0 aliphatic carbocycles. The van der Waals surface area contributed by atoms with Crippen LogP contribution in [0.25, 0.3) is 0 Å². The van der Waals surface area contributed by atoms with Crippen LogP contribution in [0.1, 0.15) is 6.92 Å². The van der Waals surface area contributed by atoms with E-state index in [-0.39, 0.29) is 16.6 Å². The van der Waals surface area contributed by atoms with E-state index < -0.39 is 15.7 Å². The molecule has 1 aromatic rings. The number of hydrogen-bond donors (Lipinski definition) is 1. The number of hydrogen-bond acceptors (Lipinski definition) is 3. The Kier molecular flexibility index (Phi) is 3.82. The SMILES string of the molecule is CC(CN)CS(=O)(=O)c1cccc(F)c1. The topological polar surface area (TPSA) is 60.2 Å². The van der Waals surface area contributed by atoms with E-state index in [4.69, 9.17) is 5.73 Å². The largest absolute Gasteiger partial charge is 0.330 e. The van der Waals surface area contributed by atoms with E-state index in [1.807, 2.05) is 0 Å². The Hall–Kier alpha value is -0.940. The summed E-state index contributed by atoms with van der Waals surface area (Å²) in [6.45, 7) is 2.05. The summed E-state index contributed by atoms with van der Waals surface area (Å²) in [6, 6.07) is 5.01. The molecule has 5 heteroatoms. The Morgan fingerprint density at radius 1 is 1.47 bits per heavy atom. The van der Waals surface area contributed by atoms with Crippen LogP contribution in [0, 0.1) is 11.7 Å². The van der Waals surface area contributed by atoms with Gasteiger partial charge in [-0.1, -0.05) is 13.0 Å². The summed E-state index contributed by atoms with van der Waals surface area (Å²) < 4.78 is 36.3. The van der Waals surface area contributed by atoms with E-state index in [9.17, 15) is 12.8 Å². The van der Waals surface area contributed by atoms with E-state index in [0.29, 0.717) is 6.54 Å². The van der Waals surface area contributed by atoms with Crippen molar-refractivity contribution in [3.8, 4) is 0 Å². The molecular formula is C10H14FNO2S. The third kappa shape index (κ3) is 3.28. The van der Waals surface area contributed by atoms with Gasteiger partial charge in [0.15, 0.2) is 9.84 Å². The Morgan fingerprint density at radius 3 is 2.67 bits per heavy atom. The van der Waals surface area contributed by atoms with Crippen molar-refractivity contribution in [1.29, 1.82) is 0 Å². The average molecular weight is 231 g/mol. The van der Waals surface area contributed by atoms with Crippen molar-refractivity contribution < 1.29 is 12.8 Å². The smallest absolute Gasteiger partial charge is 0.178 e. The lowest BCUT2D eigenvalue weighted by molar-refractivity contribution is 0.571.